The summed E-state index contributed by atoms with van der Waals surface area (Å²) in [7, 11) is 0. The Morgan fingerprint density at radius 1 is 1.07 bits per heavy atom. The van der Waals surface area contributed by atoms with Crippen LogP contribution in [0.3, 0.4) is 0 Å². The summed E-state index contributed by atoms with van der Waals surface area (Å²) in [6.45, 7) is 5.43. The Morgan fingerprint density at radius 2 is 1.80 bits per heavy atom. The van der Waals surface area contributed by atoms with E-state index in [1.165, 1.54) is 0 Å². The van der Waals surface area contributed by atoms with E-state index in [9.17, 15) is 19.5 Å². The molecule has 5 N–H and O–H groups in total. The molecule has 0 spiro atoms. The minimum absolute atomic E-state index is 0.0175. The predicted octanol–water partition coefficient (Wildman–Crippen LogP) is 4.87. The predicted molar refractivity (Wildman–Crippen MR) is 152 cm³/mol. The Bertz CT molecular complexity index is 1350. The highest BCUT2D eigenvalue weighted by molar-refractivity contribution is 5.88. The summed E-state index contributed by atoms with van der Waals surface area (Å²) in [6, 6.07) is 6.38. The van der Waals surface area contributed by atoms with Gasteiger partial charge in [-0.1, -0.05) is 44.9 Å². The van der Waals surface area contributed by atoms with Crippen LogP contribution in [0.5, 0.6) is 0 Å². The molecule has 1 aliphatic heterocycles. The summed E-state index contributed by atoms with van der Waals surface area (Å²) in [5.74, 6) is -0.638. The van der Waals surface area contributed by atoms with Crippen LogP contribution in [0.2, 0.25) is 0 Å². The number of aromatic carboxylic acids is 1. The summed E-state index contributed by atoms with van der Waals surface area (Å²) in [4.78, 5) is 51.8. The molecule has 2 atom stereocenters. The van der Waals surface area contributed by atoms with Gasteiger partial charge in [0.2, 0.25) is 5.91 Å². The van der Waals surface area contributed by atoms with Gasteiger partial charge < -0.3 is 30.6 Å². The van der Waals surface area contributed by atoms with E-state index < -0.39 is 18.1 Å². The highest BCUT2D eigenvalue weighted by Gasteiger charge is 2.34. The number of urea groups is 1. The molecule has 0 bridgehead atoms. The number of imidazole rings is 1. The first-order valence-electron chi connectivity index (χ1n) is 14.5. The van der Waals surface area contributed by atoms with Gasteiger partial charge in [0, 0.05) is 42.5 Å². The lowest BCUT2D eigenvalue weighted by Crippen LogP contribution is -2.52. The summed E-state index contributed by atoms with van der Waals surface area (Å²) >= 11 is 0. The largest absolute Gasteiger partial charge is 0.476 e. The standard InChI is InChI=1S/C30H40N6O4/c1-18(2)15-24(33-30(40)36-13-7-3-4-8-14-36)28(37)32-23(16-20-17-31-22-10-6-5-9-21(20)22)27-34-25(19-11-12-19)26(35-27)29(38)39/h5-6,9-10,17-19,23-24,31H,3-4,7-8,11-16H2,1-2H3,(H,32,37)(H,33,40)(H,34,35)(H,38,39)/t23-,24+/m1/s1. The van der Waals surface area contributed by atoms with Crippen molar-refractivity contribution in [2.24, 2.45) is 5.92 Å². The van der Waals surface area contributed by atoms with Gasteiger partial charge >= 0.3 is 12.0 Å². The number of likely N-dealkylation sites (tertiary alicyclic amines) is 1. The van der Waals surface area contributed by atoms with Gasteiger partial charge in [0.25, 0.3) is 0 Å². The van der Waals surface area contributed by atoms with Crippen molar-refractivity contribution in [3.63, 3.8) is 0 Å². The Morgan fingerprint density at radius 3 is 2.48 bits per heavy atom. The molecule has 0 radical (unpaired) electrons. The fourth-order valence-corrected chi connectivity index (χ4v) is 5.63. The van der Waals surface area contributed by atoms with E-state index >= 15 is 0 Å². The van der Waals surface area contributed by atoms with Crippen LogP contribution in [0.15, 0.2) is 30.5 Å². The second-order valence-corrected chi connectivity index (χ2v) is 11.6. The summed E-state index contributed by atoms with van der Waals surface area (Å²) in [6.07, 6.45) is 8.79. The number of hydrogen-bond donors (Lipinski definition) is 5. The molecule has 1 aliphatic carbocycles. The van der Waals surface area contributed by atoms with E-state index in [1.807, 2.05) is 49.2 Å². The average molecular weight is 549 g/mol. The smallest absolute Gasteiger partial charge is 0.356 e. The molecule has 40 heavy (non-hydrogen) atoms. The van der Waals surface area contributed by atoms with Crippen molar-refractivity contribution >= 4 is 28.8 Å². The van der Waals surface area contributed by atoms with Crippen LogP contribution in [0.1, 0.15) is 98.3 Å². The fourth-order valence-electron chi connectivity index (χ4n) is 5.63. The van der Waals surface area contributed by atoms with Crippen molar-refractivity contribution in [1.29, 1.82) is 0 Å². The van der Waals surface area contributed by atoms with Gasteiger partial charge in [-0.15, -0.1) is 0 Å². The maximum absolute atomic E-state index is 13.8. The van der Waals surface area contributed by atoms with Crippen LogP contribution in [0.25, 0.3) is 10.9 Å². The topological polar surface area (TPSA) is 143 Å². The third-order valence-corrected chi connectivity index (χ3v) is 7.90. The van der Waals surface area contributed by atoms with E-state index in [4.69, 9.17) is 0 Å². The molecule has 1 saturated heterocycles. The second kappa shape index (κ2) is 12.1. The lowest BCUT2D eigenvalue weighted by molar-refractivity contribution is -0.124. The Hall–Kier alpha value is -3.82. The van der Waals surface area contributed by atoms with E-state index in [-0.39, 0.29) is 29.5 Å². The summed E-state index contributed by atoms with van der Waals surface area (Å²) in [5, 5.41) is 17.0. The van der Waals surface area contributed by atoms with Gasteiger partial charge in [0.15, 0.2) is 5.69 Å². The molecule has 5 rings (SSSR count). The quantitative estimate of drug-likeness (QED) is 0.246. The molecule has 2 aliphatic rings. The molecule has 3 amide bonds. The monoisotopic (exact) mass is 548 g/mol. The molecule has 214 valence electrons. The zero-order valence-electron chi connectivity index (χ0n) is 23.3. The van der Waals surface area contributed by atoms with Crippen molar-refractivity contribution in [1.82, 2.24) is 30.5 Å². The third-order valence-electron chi connectivity index (χ3n) is 7.90. The molecule has 10 nitrogen and oxygen atoms in total. The number of H-pyrrole nitrogens is 2. The molecular weight excluding hydrogens is 508 g/mol. The molecule has 2 fully saturated rings. The lowest BCUT2D eigenvalue weighted by atomic mass is 10.0. The number of carboxylic acids is 1. The van der Waals surface area contributed by atoms with Crippen LogP contribution in [-0.2, 0) is 11.2 Å². The fraction of sp³-hybridized carbons (Fsp3) is 0.533. The first-order valence-corrected chi connectivity index (χ1v) is 14.5. The third kappa shape index (κ3) is 6.48. The van der Waals surface area contributed by atoms with Gasteiger partial charge in [-0.05, 0) is 49.7 Å². The highest BCUT2D eigenvalue weighted by atomic mass is 16.4. The molecule has 3 heterocycles. The second-order valence-electron chi connectivity index (χ2n) is 11.6. The van der Waals surface area contributed by atoms with Crippen molar-refractivity contribution in [2.45, 2.75) is 83.2 Å². The van der Waals surface area contributed by atoms with Crippen LogP contribution in [0, 0.1) is 5.92 Å². The number of carbonyl (C=O) groups is 3. The zero-order chi connectivity index (χ0) is 28.2. The van der Waals surface area contributed by atoms with E-state index in [0.29, 0.717) is 37.4 Å². The van der Waals surface area contributed by atoms with E-state index in [1.54, 1.807) is 0 Å². The zero-order valence-corrected chi connectivity index (χ0v) is 23.3. The van der Waals surface area contributed by atoms with Crippen LogP contribution >= 0.6 is 0 Å². The number of fused-ring (bicyclic) bond motifs is 1. The van der Waals surface area contributed by atoms with Crippen LogP contribution < -0.4 is 10.6 Å². The van der Waals surface area contributed by atoms with Gasteiger partial charge in [-0.3, -0.25) is 4.79 Å². The number of nitrogens with one attached hydrogen (secondary N) is 4. The Balaban J connectivity index is 1.41. The van der Waals surface area contributed by atoms with Crippen molar-refractivity contribution < 1.29 is 19.5 Å². The molecule has 3 aromatic rings. The van der Waals surface area contributed by atoms with Crippen molar-refractivity contribution in [3.05, 3.63) is 53.2 Å². The van der Waals surface area contributed by atoms with E-state index in [0.717, 1.165) is 55.0 Å². The number of nitrogens with zero attached hydrogens (tertiary/aromatic N) is 2. The molecule has 1 aromatic carbocycles. The average Bonchev–Trinajstić information content (AvgIpc) is 3.63. The van der Waals surface area contributed by atoms with Gasteiger partial charge in [0.05, 0.1) is 11.7 Å². The normalized spacial score (nSPS) is 17.4. The van der Waals surface area contributed by atoms with Crippen molar-refractivity contribution in [2.75, 3.05) is 13.1 Å². The minimum Gasteiger partial charge on any atom is -0.476 e. The maximum atomic E-state index is 13.8. The number of rotatable bonds is 10. The summed E-state index contributed by atoms with van der Waals surface area (Å²) < 4.78 is 0. The number of carboxylic acid groups (broad SMARTS) is 1. The number of benzene rings is 1. The van der Waals surface area contributed by atoms with Crippen molar-refractivity contribution in [3.8, 4) is 0 Å². The first kappa shape index (κ1) is 27.7. The van der Waals surface area contributed by atoms with Crippen LogP contribution in [-0.4, -0.2) is 62.0 Å². The van der Waals surface area contributed by atoms with Gasteiger partial charge in [-0.2, -0.15) is 0 Å². The minimum atomic E-state index is -1.08. The lowest BCUT2D eigenvalue weighted by Gasteiger charge is -2.27. The summed E-state index contributed by atoms with van der Waals surface area (Å²) in [5.41, 5.74) is 2.60. The Labute approximate surface area is 234 Å². The molecule has 0 unspecified atom stereocenters. The number of carbonyl (C=O) groups excluding carboxylic acids is 2. The SMILES string of the molecule is CC(C)C[C@H](NC(=O)N1CCCCCC1)C(=O)N[C@H](Cc1c[nH]c2ccccc12)c1nc(C(=O)O)c(C2CC2)[nH]1. The molecule has 1 saturated carbocycles. The maximum Gasteiger partial charge on any atom is 0.356 e. The molecule has 10 heteroatoms. The highest BCUT2D eigenvalue weighted by Crippen LogP contribution is 2.41. The number of aromatic nitrogens is 3. The Kier molecular flexibility index (Phi) is 8.42. The first-order chi connectivity index (χ1) is 19.3. The number of aromatic amines is 2. The molecule has 2 aromatic heterocycles. The van der Waals surface area contributed by atoms with E-state index in [2.05, 4.69) is 25.6 Å². The van der Waals surface area contributed by atoms with Crippen LogP contribution in [0.4, 0.5) is 4.79 Å². The molecular formula is C30H40N6O4. The van der Waals surface area contributed by atoms with Gasteiger partial charge in [0.1, 0.15) is 11.9 Å². The number of amides is 3. The van der Waals surface area contributed by atoms with Gasteiger partial charge in [-0.25, -0.2) is 14.6 Å². The number of para-hydroxylation sites is 1. The number of hydrogen-bond acceptors (Lipinski definition) is 4.